The number of anilines is 1. The molecule has 1 saturated heterocycles. The normalized spacial score (nSPS) is 20.7. The number of nitrogens with zero attached hydrogens (tertiary/aromatic N) is 2. The smallest absolute Gasteiger partial charge is 0.128 e. The van der Waals surface area contributed by atoms with Crippen molar-refractivity contribution in [2.75, 3.05) is 18.0 Å². The lowest BCUT2D eigenvalue weighted by Gasteiger charge is -2.36. The average Bonchev–Trinajstić information content (AvgIpc) is 2.54. The first-order valence-electron chi connectivity index (χ1n) is 8.05. The zero-order valence-corrected chi connectivity index (χ0v) is 13.9. The van der Waals surface area contributed by atoms with E-state index in [1.165, 1.54) is 5.56 Å². The molecule has 0 aliphatic carbocycles. The Hall–Kier alpha value is -2.31. The molecule has 1 aromatic carbocycles. The molecule has 3 nitrogen and oxygen atoms in total. The highest BCUT2D eigenvalue weighted by molar-refractivity contribution is 5.46. The summed E-state index contributed by atoms with van der Waals surface area (Å²) in [6, 6.07) is 12.3. The zero-order chi connectivity index (χ0) is 16.2. The summed E-state index contributed by atoms with van der Waals surface area (Å²) in [7, 11) is 0. The number of morpholine rings is 1. The molecule has 0 unspecified atom stereocenters. The third kappa shape index (κ3) is 4.12. The van der Waals surface area contributed by atoms with Crippen LogP contribution >= 0.6 is 0 Å². The van der Waals surface area contributed by atoms with Crippen molar-refractivity contribution in [3.63, 3.8) is 0 Å². The highest BCUT2D eigenvalue weighted by Gasteiger charge is 2.22. The van der Waals surface area contributed by atoms with Crippen molar-refractivity contribution in [1.82, 2.24) is 4.98 Å². The Morgan fingerprint density at radius 1 is 0.957 bits per heavy atom. The summed E-state index contributed by atoms with van der Waals surface area (Å²) >= 11 is 0. The molecule has 1 aliphatic rings. The largest absolute Gasteiger partial charge is 0.372 e. The van der Waals surface area contributed by atoms with E-state index in [-0.39, 0.29) is 12.2 Å². The van der Waals surface area contributed by atoms with Crippen LogP contribution in [0.2, 0.25) is 0 Å². The molecule has 0 N–H and O–H groups in total. The highest BCUT2D eigenvalue weighted by atomic mass is 16.5. The fourth-order valence-electron chi connectivity index (χ4n) is 2.79. The summed E-state index contributed by atoms with van der Waals surface area (Å²) in [4.78, 5) is 6.84. The fourth-order valence-corrected chi connectivity index (χ4v) is 2.79. The second-order valence-corrected chi connectivity index (χ2v) is 6.18. The van der Waals surface area contributed by atoms with E-state index in [1.807, 2.05) is 30.5 Å². The molecular weight excluding hydrogens is 284 g/mol. The zero-order valence-electron chi connectivity index (χ0n) is 13.9. The third-order valence-electron chi connectivity index (χ3n) is 3.89. The van der Waals surface area contributed by atoms with Crippen LogP contribution in [0.1, 0.15) is 30.5 Å². The maximum atomic E-state index is 5.77. The van der Waals surface area contributed by atoms with Gasteiger partial charge in [-0.3, -0.25) is 0 Å². The van der Waals surface area contributed by atoms with E-state index in [1.54, 1.807) is 0 Å². The molecule has 1 fully saturated rings. The number of ether oxygens (including phenoxy) is 1. The summed E-state index contributed by atoms with van der Waals surface area (Å²) in [5, 5.41) is 0. The minimum Gasteiger partial charge on any atom is -0.372 e. The molecule has 0 saturated carbocycles. The number of aryl methyl sites for hydroxylation is 1. The maximum Gasteiger partial charge on any atom is 0.128 e. The molecule has 3 heteroatoms. The van der Waals surface area contributed by atoms with Gasteiger partial charge in [-0.15, -0.1) is 0 Å². The predicted molar refractivity (Wildman–Crippen MR) is 93.6 cm³/mol. The van der Waals surface area contributed by atoms with Gasteiger partial charge in [0.25, 0.3) is 0 Å². The molecule has 0 spiro atoms. The van der Waals surface area contributed by atoms with Gasteiger partial charge in [0.05, 0.1) is 12.2 Å². The number of hydrogen-bond acceptors (Lipinski definition) is 3. The van der Waals surface area contributed by atoms with Crippen LogP contribution in [-0.2, 0) is 4.74 Å². The predicted octanol–water partition coefficient (Wildman–Crippen LogP) is 3.40. The SMILES string of the molecule is Cc1ccc(C#Cc2ccc(N3C[C@@H](C)O[C@@H](C)C3)nc2)cc1. The quantitative estimate of drug-likeness (QED) is 0.755. The van der Waals surface area contributed by atoms with E-state index >= 15 is 0 Å². The Kier molecular flexibility index (Phi) is 4.64. The molecule has 23 heavy (non-hydrogen) atoms. The van der Waals surface area contributed by atoms with Crippen molar-refractivity contribution in [3.8, 4) is 11.8 Å². The number of hydrogen-bond donors (Lipinski definition) is 0. The summed E-state index contributed by atoms with van der Waals surface area (Å²) in [5.41, 5.74) is 3.20. The second-order valence-electron chi connectivity index (χ2n) is 6.18. The van der Waals surface area contributed by atoms with Crippen LogP contribution in [0.4, 0.5) is 5.82 Å². The van der Waals surface area contributed by atoms with E-state index in [4.69, 9.17) is 4.74 Å². The average molecular weight is 306 g/mol. The number of benzene rings is 1. The molecule has 0 radical (unpaired) electrons. The lowest BCUT2D eigenvalue weighted by atomic mass is 10.1. The van der Waals surface area contributed by atoms with E-state index in [2.05, 4.69) is 54.6 Å². The van der Waals surface area contributed by atoms with Gasteiger partial charge in [0, 0.05) is 30.4 Å². The lowest BCUT2D eigenvalue weighted by molar-refractivity contribution is -0.00545. The summed E-state index contributed by atoms with van der Waals surface area (Å²) in [5.74, 6) is 7.34. The minimum absolute atomic E-state index is 0.238. The summed E-state index contributed by atoms with van der Waals surface area (Å²) in [6.45, 7) is 8.04. The Morgan fingerprint density at radius 3 is 2.17 bits per heavy atom. The maximum absolute atomic E-state index is 5.77. The summed E-state index contributed by atoms with van der Waals surface area (Å²) < 4.78 is 5.77. The topological polar surface area (TPSA) is 25.4 Å². The first-order chi connectivity index (χ1) is 11.1. The Bertz CT molecular complexity index is 700. The standard InChI is InChI=1S/C20H22N2O/c1-15-4-6-18(7-5-15)8-9-19-10-11-20(21-12-19)22-13-16(2)23-17(3)14-22/h4-7,10-12,16-17H,13-14H2,1-3H3/t16-,17+. The van der Waals surface area contributed by atoms with Crippen LogP contribution in [0.3, 0.4) is 0 Å². The van der Waals surface area contributed by atoms with Crippen LogP contribution in [0.5, 0.6) is 0 Å². The van der Waals surface area contributed by atoms with Crippen molar-refractivity contribution in [1.29, 1.82) is 0 Å². The van der Waals surface area contributed by atoms with Crippen molar-refractivity contribution in [3.05, 3.63) is 59.3 Å². The van der Waals surface area contributed by atoms with Gasteiger partial charge in [-0.2, -0.15) is 0 Å². The summed E-state index contributed by atoms with van der Waals surface area (Å²) in [6.07, 6.45) is 2.32. The molecule has 3 rings (SSSR count). The van der Waals surface area contributed by atoms with Crippen LogP contribution < -0.4 is 4.90 Å². The Morgan fingerprint density at radius 2 is 1.57 bits per heavy atom. The van der Waals surface area contributed by atoms with Gasteiger partial charge in [0.2, 0.25) is 0 Å². The van der Waals surface area contributed by atoms with Crippen molar-refractivity contribution >= 4 is 5.82 Å². The molecule has 1 aromatic heterocycles. The first-order valence-corrected chi connectivity index (χ1v) is 8.05. The molecule has 1 aliphatic heterocycles. The molecule has 118 valence electrons. The lowest BCUT2D eigenvalue weighted by Crippen LogP contribution is -2.45. The number of pyridine rings is 1. The Balaban J connectivity index is 1.71. The third-order valence-corrected chi connectivity index (χ3v) is 3.89. The second kappa shape index (κ2) is 6.85. The van der Waals surface area contributed by atoms with Gasteiger partial charge in [-0.1, -0.05) is 29.5 Å². The van der Waals surface area contributed by atoms with Gasteiger partial charge >= 0.3 is 0 Å². The van der Waals surface area contributed by atoms with E-state index < -0.39 is 0 Å². The number of rotatable bonds is 1. The molecule has 2 aromatic rings. The fraction of sp³-hybridized carbons (Fsp3) is 0.350. The van der Waals surface area contributed by atoms with Crippen molar-refractivity contribution < 1.29 is 4.74 Å². The van der Waals surface area contributed by atoms with E-state index in [0.29, 0.717) is 0 Å². The van der Waals surface area contributed by atoms with Gasteiger partial charge in [-0.05, 0) is 45.0 Å². The van der Waals surface area contributed by atoms with Crippen LogP contribution in [0.15, 0.2) is 42.6 Å². The van der Waals surface area contributed by atoms with Gasteiger partial charge in [0.15, 0.2) is 0 Å². The molecule has 2 heterocycles. The molecule has 0 amide bonds. The van der Waals surface area contributed by atoms with Gasteiger partial charge in [0.1, 0.15) is 5.82 Å². The number of aromatic nitrogens is 1. The monoisotopic (exact) mass is 306 g/mol. The van der Waals surface area contributed by atoms with E-state index in [9.17, 15) is 0 Å². The highest BCUT2D eigenvalue weighted by Crippen LogP contribution is 2.18. The van der Waals surface area contributed by atoms with Crippen LogP contribution in [-0.4, -0.2) is 30.3 Å². The van der Waals surface area contributed by atoms with Gasteiger partial charge in [-0.25, -0.2) is 4.98 Å². The van der Waals surface area contributed by atoms with Gasteiger partial charge < -0.3 is 9.64 Å². The minimum atomic E-state index is 0.238. The van der Waals surface area contributed by atoms with Crippen LogP contribution in [0, 0.1) is 18.8 Å². The molecule has 0 bridgehead atoms. The molecular formula is C20H22N2O. The first kappa shape index (κ1) is 15.6. The Labute approximate surface area is 138 Å². The van der Waals surface area contributed by atoms with Crippen LogP contribution in [0.25, 0.3) is 0 Å². The van der Waals surface area contributed by atoms with Crippen molar-refractivity contribution in [2.24, 2.45) is 0 Å². The molecule has 2 atom stereocenters. The van der Waals surface area contributed by atoms with E-state index in [0.717, 1.165) is 30.0 Å². The van der Waals surface area contributed by atoms with Crippen molar-refractivity contribution in [2.45, 2.75) is 33.0 Å².